The second-order valence-electron chi connectivity index (χ2n) is 20.9. The Morgan fingerprint density at radius 2 is 1.54 bits per heavy atom. The minimum atomic E-state index is -1.21. The number of fused-ring (bicyclic) bond motifs is 2. The van der Waals surface area contributed by atoms with Gasteiger partial charge in [0, 0.05) is 69.8 Å². The molecule has 5 fully saturated rings. The number of methoxy groups -OCH3 is 2. The zero-order valence-electron chi connectivity index (χ0n) is 41.1. The molecule has 19 atom stereocenters. The second kappa shape index (κ2) is 18.6. The van der Waals surface area contributed by atoms with Crippen molar-refractivity contribution in [2.75, 3.05) is 47.4 Å². The lowest BCUT2D eigenvalue weighted by Gasteiger charge is -2.50. The largest absolute Gasteiger partial charge is 0.457 e. The molecular weight excluding hydrogens is 869 g/mol. The van der Waals surface area contributed by atoms with Gasteiger partial charge in [-0.3, -0.25) is 34.1 Å². The predicted molar refractivity (Wildman–Crippen MR) is 241 cm³/mol. The third-order valence-electron chi connectivity index (χ3n) is 16.6. The van der Waals surface area contributed by atoms with E-state index in [-0.39, 0.29) is 55.2 Å². The first-order chi connectivity index (χ1) is 31.6. The molecule has 1 aliphatic carbocycles. The number of hydrogen-bond donors (Lipinski definition) is 2. The molecule has 67 heavy (non-hydrogen) atoms. The Labute approximate surface area is 393 Å². The van der Waals surface area contributed by atoms with Crippen LogP contribution in [0.15, 0.2) is 29.3 Å². The van der Waals surface area contributed by atoms with Gasteiger partial charge in [0.2, 0.25) is 0 Å². The van der Waals surface area contributed by atoms with E-state index in [1.807, 2.05) is 39.6 Å². The molecule has 4 saturated heterocycles. The van der Waals surface area contributed by atoms with Crippen LogP contribution in [0, 0.1) is 29.6 Å². The van der Waals surface area contributed by atoms with Gasteiger partial charge in [0.1, 0.15) is 12.2 Å². The van der Waals surface area contributed by atoms with Gasteiger partial charge in [0.15, 0.2) is 24.3 Å². The maximum atomic E-state index is 14.7. The highest BCUT2D eigenvalue weighted by Crippen LogP contribution is 2.59. The Balaban J connectivity index is 1.13. The number of imide groups is 1. The highest BCUT2D eigenvalue weighted by atomic mass is 16.7. The first-order valence-corrected chi connectivity index (χ1v) is 24.1. The average molecular weight is 941 g/mol. The standard InChI is InChI=1S/C49H72N4O14/c1-24-22-48(9,61-12)40(66-45-36(54)33(21-25(2)62-45)51(10)19-20-53-42(56)31-15-13-14-16-32(31)43(53)57)27(4)37(64-34-23-47(8,60-11)39(55)30(7)63-34)28(5)44(58)65-41-29(6)49(41)38-26(3)35(24)50-17-18-52(38)46(59)67-49/h13-16,24-30,33-34,36-41,45,54-55H,17-23H2,1-12H3/t24-,25-,26+,27+,28-,29?,30+,33+,34+,36-,37+,38-,39+,40-,41-,45+,47-,48+,49+/m1/s1. The Hall–Kier alpha value is -3.59. The van der Waals surface area contributed by atoms with E-state index in [1.54, 1.807) is 57.0 Å². The number of rotatable bonds is 10. The van der Waals surface area contributed by atoms with E-state index in [4.69, 9.17) is 42.9 Å². The molecule has 2 N–H and O–H groups in total. The van der Waals surface area contributed by atoms with Gasteiger partial charge in [-0.05, 0) is 72.6 Å². The molecule has 1 spiro atoms. The van der Waals surface area contributed by atoms with E-state index >= 15 is 0 Å². The molecule has 1 aromatic rings. The molecule has 2 bridgehead atoms. The Morgan fingerprint density at radius 1 is 0.881 bits per heavy atom. The summed E-state index contributed by atoms with van der Waals surface area (Å²) in [6.07, 6.45) is -7.56. The number of ether oxygens (including phenoxy) is 8. The molecule has 1 aromatic carbocycles. The van der Waals surface area contributed by atoms with Gasteiger partial charge >= 0.3 is 12.1 Å². The zero-order valence-corrected chi connectivity index (χ0v) is 41.1. The van der Waals surface area contributed by atoms with Gasteiger partial charge in [-0.15, -0.1) is 0 Å². The SMILES string of the molecule is CO[C@]1(C)C[C@H](O[C@H]2[C@H](C)[C@@H](O[C@@H]3O[C@H](C)C[C@H](N(C)CCN4C(=O)c5ccccc5C4=O)[C@H]3O)[C@@](C)(OC)C[C@@H](C)C3=NCCN4C(=O)O[C@@]5(C(C)[C@H]5OC(=O)[C@@H]2C)[C@H]4[C@H]3C)O[C@@H](C)[C@@H]1O. The fraction of sp³-hybridized carbons (Fsp3) is 0.776. The average Bonchev–Trinajstić information content (AvgIpc) is 3.65. The lowest BCUT2D eigenvalue weighted by atomic mass is 9.74. The third kappa shape index (κ3) is 8.53. The van der Waals surface area contributed by atoms with Crippen molar-refractivity contribution in [3.05, 3.63) is 35.4 Å². The smallest absolute Gasteiger partial charge is 0.411 e. The summed E-state index contributed by atoms with van der Waals surface area (Å²) in [7, 11) is 4.97. The molecule has 8 rings (SSSR count). The highest BCUT2D eigenvalue weighted by Gasteiger charge is 2.79. The Morgan fingerprint density at radius 3 is 2.18 bits per heavy atom. The molecule has 18 nitrogen and oxygen atoms in total. The van der Waals surface area contributed by atoms with Crippen LogP contribution in [-0.4, -0.2) is 186 Å². The van der Waals surface area contributed by atoms with Crippen molar-refractivity contribution < 1.29 is 67.3 Å². The quantitative estimate of drug-likeness (QED) is 0.254. The molecular formula is C49H72N4O14. The lowest BCUT2D eigenvalue weighted by Crippen LogP contribution is -2.61. The summed E-state index contributed by atoms with van der Waals surface area (Å²) in [4.78, 5) is 64.8. The van der Waals surface area contributed by atoms with E-state index in [1.165, 1.54) is 12.0 Å². The molecule has 1 saturated carbocycles. The monoisotopic (exact) mass is 941 g/mol. The Kier molecular flexibility index (Phi) is 13.8. The van der Waals surface area contributed by atoms with Crippen molar-refractivity contribution in [2.45, 2.75) is 166 Å². The van der Waals surface area contributed by atoms with Gasteiger partial charge in [-0.1, -0.05) is 39.8 Å². The zero-order chi connectivity index (χ0) is 48.7. The van der Waals surface area contributed by atoms with E-state index in [0.717, 1.165) is 5.71 Å². The van der Waals surface area contributed by atoms with Gasteiger partial charge in [-0.25, -0.2) is 4.79 Å². The number of hydrogen-bond acceptors (Lipinski definition) is 16. The number of likely N-dealkylation sites (N-methyl/N-ethyl adjacent to an activating group) is 1. The third-order valence-corrected chi connectivity index (χ3v) is 16.6. The van der Waals surface area contributed by atoms with Crippen LogP contribution in [0.4, 0.5) is 4.79 Å². The lowest BCUT2D eigenvalue weighted by molar-refractivity contribution is -0.319. The van der Waals surface area contributed by atoms with Crippen molar-refractivity contribution >= 4 is 29.6 Å². The number of amides is 3. The number of carbonyl (C=O) groups is 4. The number of aliphatic hydroxyl groups is 2. The summed E-state index contributed by atoms with van der Waals surface area (Å²) < 4.78 is 51.9. The number of nitrogens with zero attached hydrogens (tertiary/aromatic N) is 4. The maximum absolute atomic E-state index is 14.7. The topological polar surface area (TPSA) is 205 Å². The maximum Gasteiger partial charge on any atom is 0.411 e. The van der Waals surface area contributed by atoms with E-state index in [2.05, 4.69) is 13.8 Å². The molecule has 0 aromatic heterocycles. The van der Waals surface area contributed by atoms with Gasteiger partial charge in [-0.2, -0.15) is 0 Å². The molecule has 6 heterocycles. The summed E-state index contributed by atoms with van der Waals surface area (Å²) in [5, 5.41) is 23.4. The number of aliphatic hydroxyl groups excluding tert-OH is 2. The summed E-state index contributed by atoms with van der Waals surface area (Å²) in [6, 6.07) is 5.82. The molecule has 0 radical (unpaired) electrons. The van der Waals surface area contributed by atoms with Crippen LogP contribution >= 0.6 is 0 Å². The van der Waals surface area contributed by atoms with Gasteiger partial charge in [0.05, 0.1) is 65.2 Å². The van der Waals surface area contributed by atoms with Crippen LogP contribution in [0.3, 0.4) is 0 Å². The second-order valence-corrected chi connectivity index (χ2v) is 20.9. The molecule has 7 aliphatic rings. The molecule has 18 heteroatoms. The van der Waals surface area contributed by atoms with Crippen LogP contribution in [0.25, 0.3) is 0 Å². The summed E-state index contributed by atoms with van der Waals surface area (Å²) in [6.45, 7) is 18.2. The van der Waals surface area contributed by atoms with Gasteiger partial charge < -0.3 is 48.1 Å². The number of esters is 1. The normalized spacial score (nSPS) is 44.6. The minimum absolute atomic E-state index is 0.113. The van der Waals surface area contributed by atoms with Crippen molar-refractivity contribution in [1.82, 2.24) is 14.7 Å². The number of benzene rings is 1. The van der Waals surface area contributed by atoms with Crippen molar-refractivity contribution in [3.8, 4) is 0 Å². The Bertz CT molecular complexity index is 2060. The molecule has 1 unspecified atom stereocenters. The van der Waals surface area contributed by atoms with Crippen molar-refractivity contribution in [1.29, 1.82) is 0 Å². The fourth-order valence-electron chi connectivity index (χ4n) is 12.5. The number of carbonyl (C=O) groups excluding carboxylic acids is 4. The van der Waals surface area contributed by atoms with Crippen molar-refractivity contribution in [3.63, 3.8) is 0 Å². The van der Waals surface area contributed by atoms with E-state index in [9.17, 15) is 29.4 Å². The van der Waals surface area contributed by atoms with Crippen LogP contribution < -0.4 is 0 Å². The highest BCUT2D eigenvalue weighted by molar-refractivity contribution is 6.21. The first kappa shape index (κ1) is 49.8. The van der Waals surface area contributed by atoms with E-state index in [0.29, 0.717) is 37.1 Å². The van der Waals surface area contributed by atoms with Crippen LogP contribution in [0.2, 0.25) is 0 Å². The predicted octanol–water partition coefficient (Wildman–Crippen LogP) is 3.68. The van der Waals surface area contributed by atoms with Gasteiger partial charge in [0.25, 0.3) is 11.8 Å². The number of aliphatic imine (C=N–C) groups is 1. The summed E-state index contributed by atoms with van der Waals surface area (Å²) in [5.74, 6) is -3.71. The minimum Gasteiger partial charge on any atom is -0.457 e. The van der Waals surface area contributed by atoms with E-state index < -0.39 is 102 Å². The first-order valence-electron chi connectivity index (χ1n) is 24.1. The molecule has 6 aliphatic heterocycles. The van der Waals surface area contributed by atoms with Crippen LogP contribution in [-0.2, 0) is 42.7 Å². The molecule has 3 amide bonds. The summed E-state index contributed by atoms with van der Waals surface area (Å²) >= 11 is 0. The summed E-state index contributed by atoms with van der Waals surface area (Å²) in [5.41, 5.74) is -1.64. The van der Waals surface area contributed by atoms with Crippen LogP contribution in [0.5, 0.6) is 0 Å². The fourth-order valence-corrected chi connectivity index (χ4v) is 12.5. The molecule has 372 valence electrons. The van der Waals surface area contributed by atoms with Crippen LogP contribution in [0.1, 0.15) is 102 Å². The van der Waals surface area contributed by atoms with Crippen molar-refractivity contribution in [2.24, 2.45) is 34.6 Å².